The Morgan fingerprint density at radius 3 is 2.63 bits per heavy atom. The summed E-state index contributed by atoms with van der Waals surface area (Å²) in [6.45, 7) is 9.94. The Morgan fingerprint density at radius 2 is 1.97 bits per heavy atom. The number of nitrogens with zero attached hydrogens (tertiary/aromatic N) is 4. The maximum absolute atomic E-state index is 12.8. The molecule has 0 aromatic carbocycles. The summed E-state index contributed by atoms with van der Waals surface area (Å²) in [7, 11) is 0. The second-order valence-corrected chi connectivity index (χ2v) is 12.3. The zero-order valence-electron chi connectivity index (χ0n) is 21.9. The molecule has 0 atom stereocenters. The van der Waals surface area contributed by atoms with Gasteiger partial charge in [-0.3, -0.25) is 15.2 Å². The van der Waals surface area contributed by atoms with Crippen molar-refractivity contribution in [1.29, 1.82) is 5.26 Å². The summed E-state index contributed by atoms with van der Waals surface area (Å²) in [6, 6.07) is 7.89. The van der Waals surface area contributed by atoms with Gasteiger partial charge >= 0.3 is 12.1 Å². The number of nitriles is 1. The molecule has 1 N–H and O–H groups in total. The molecule has 0 aliphatic carbocycles. The van der Waals surface area contributed by atoms with Gasteiger partial charge in [0.2, 0.25) is 0 Å². The minimum absolute atomic E-state index is 0.246. The van der Waals surface area contributed by atoms with Crippen molar-refractivity contribution < 1.29 is 19.1 Å². The van der Waals surface area contributed by atoms with Crippen LogP contribution in [0.3, 0.4) is 0 Å². The van der Waals surface area contributed by atoms with E-state index in [2.05, 4.69) is 26.3 Å². The van der Waals surface area contributed by atoms with Crippen LogP contribution in [-0.4, -0.2) is 52.2 Å². The number of carbonyl (C=O) groups excluding carboxylic acids is 2. The van der Waals surface area contributed by atoms with Gasteiger partial charge in [-0.05, 0) is 77.2 Å². The van der Waals surface area contributed by atoms with Crippen molar-refractivity contribution in [3.05, 3.63) is 51.5 Å². The smallest absolute Gasteiger partial charge is 0.412 e. The third-order valence-corrected chi connectivity index (χ3v) is 8.22. The number of esters is 1. The minimum Gasteiger partial charge on any atom is -0.461 e. The fourth-order valence-corrected chi connectivity index (χ4v) is 6.07. The van der Waals surface area contributed by atoms with Crippen molar-refractivity contribution in [3.63, 3.8) is 0 Å². The van der Waals surface area contributed by atoms with Crippen LogP contribution in [0.5, 0.6) is 0 Å². The minimum atomic E-state index is -0.677. The van der Waals surface area contributed by atoms with Crippen molar-refractivity contribution in [2.24, 2.45) is 5.92 Å². The first-order chi connectivity index (χ1) is 18.1. The highest BCUT2D eigenvalue weighted by Gasteiger charge is 2.26. The summed E-state index contributed by atoms with van der Waals surface area (Å²) < 4.78 is 10.9. The summed E-state index contributed by atoms with van der Waals surface area (Å²) in [4.78, 5) is 37.8. The Hall–Kier alpha value is -3.33. The fourth-order valence-electron chi connectivity index (χ4n) is 4.11. The molecule has 38 heavy (non-hydrogen) atoms. The third kappa shape index (κ3) is 7.16. The summed E-state index contributed by atoms with van der Waals surface area (Å²) in [6.07, 6.45) is 4.88. The molecule has 9 nitrogen and oxygen atoms in total. The molecular weight excluding hydrogens is 522 g/mol. The van der Waals surface area contributed by atoms with Gasteiger partial charge in [0.1, 0.15) is 26.6 Å². The van der Waals surface area contributed by atoms with Gasteiger partial charge in [-0.15, -0.1) is 22.7 Å². The maximum atomic E-state index is 12.8. The van der Waals surface area contributed by atoms with Gasteiger partial charge in [-0.1, -0.05) is 6.07 Å². The van der Waals surface area contributed by atoms with Gasteiger partial charge < -0.3 is 9.47 Å². The number of likely N-dealkylation sites (tertiary alicyclic amines) is 1. The van der Waals surface area contributed by atoms with Crippen LogP contribution in [0.2, 0.25) is 0 Å². The molecule has 1 fully saturated rings. The summed E-state index contributed by atoms with van der Waals surface area (Å²) in [5.74, 6) is -0.203. The van der Waals surface area contributed by atoms with Crippen LogP contribution < -0.4 is 5.32 Å². The SMILES string of the molecule is Cc1c(C(=O)OCC2CCN(Cc3cnc(-c4ccccn4)s3)CC2)sc(NC(=O)OC(C)(C)C)c1C#N. The number of nitrogens with one attached hydrogen (secondary N) is 1. The van der Waals surface area contributed by atoms with Crippen molar-refractivity contribution in [1.82, 2.24) is 14.9 Å². The standard InChI is InChI=1S/C27H31N5O4S2/c1-17-20(13-28)23(31-26(34)36-27(2,3)4)38-22(17)25(33)35-16-18-8-11-32(12-9-18)15-19-14-30-24(37-19)21-7-5-6-10-29-21/h5-7,10,14,18H,8-9,11-12,15-16H2,1-4H3,(H,31,34). The van der Waals surface area contributed by atoms with Crippen molar-refractivity contribution in [2.75, 3.05) is 25.0 Å². The molecule has 0 bridgehead atoms. The van der Waals surface area contributed by atoms with Crippen LogP contribution in [0.25, 0.3) is 10.7 Å². The summed E-state index contributed by atoms with van der Waals surface area (Å²) in [5.41, 5.74) is 0.956. The number of carbonyl (C=O) groups is 2. The summed E-state index contributed by atoms with van der Waals surface area (Å²) in [5, 5.41) is 13.4. The van der Waals surface area contributed by atoms with Gasteiger partial charge in [0, 0.05) is 23.8 Å². The summed E-state index contributed by atoms with van der Waals surface area (Å²) >= 11 is 2.70. The van der Waals surface area contributed by atoms with Gasteiger partial charge in [0.05, 0.1) is 17.9 Å². The molecule has 1 aliphatic heterocycles. The van der Waals surface area contributed by atoms with Crippen LogP contribution in [0.4, 0.5) is 9.80 Å². The van der Waals surface area contributed by atoms with Crippen molar-refractivity contribution in [3.8, 4) is 16.8 Å². The molecule has 11 heteroatoms. The average molecular weight is 554 g/mol. The predicted octanol–water partition coefficient (Wildman–Crippen LogP) is 5.86. The van der Waals surface area contributed by atoms with Gasteiger partial charge in [-0.2, -0.15) is 5.26 Å². The van der Waals surface area contributed by atoms with Crippen LogP contribution in [0.1, 0.15) is 59.3 Å². The number of thiophene rings is 1. The first-order valence-electron chi connectivity index (χ1n) is 12.4. The van der Waals surface area contributed by atoms with E-state index in [4.69, 9.17) is 9.47 Å². The fraction of sp³-hybridized carbons (Fsp3) is 0.444. The molecule has 3 aromatic heterocycles. The highest BCUT2D eigenvalue weighted by atomic mass is 32.1. The van der Waals surface area contributed by atoms with E-state index in [0.717, 1.165) is 54.5 Å². The Morgan fingerprint density at radius 1 is 1.21 bits per heavy atom. The highest BCUT2D eigenvalue weighted by molar-refractivity contribution is 7.18. The lowest BCUT2D eigenvalue weighted by molar-refractivity contribution is 0.0373. The quantitative estimate of drug-likeness (QED) is 0.361. The lowest BCUT2D eigenvalue weighted by Gasteiger charge is -2.31. The second-order valence-electron chi connectivity index (χ2n) is 10.2. The van der Waals surface area contributed by atoms with Crippen molar-refractivity contribution >= 4 is 39.7 Å². The Labute approximate surface area is 230 Å². The number of hydrogen-bond donors (Lipinski definition) is 1. The lowest BCUT2D eigenvalue weighted by atomic mass is 9.98. The van der Waals surface area contributed by atoms with Crippen LogP contribution in [0.15, 0.2) is 30.6 Å². The molecule has 1 amide bonds. The molecule has 3 aromatic rings. The molecule has 0 radical (unpaired) electrons. The number of amides is 1. The van der Waals surface area contributed by atoms with Gasteiger partial charge in [0.25, 0.3) is 0 Å². The molecule has 1 saturated heterocycles. The second kappa shape index (κ2) is 12.0. The van der Waals surface area contributed by atoms with Crippen molar-refractivity contribution in [2.45, 2.75) is 52.7 Å². The lowest BCUT2D eigenvalue weighted by Crippen LogP contribution is -2.34. The number of thiazole rings is 1. The monoisotopic (exact) mass is 553 g/mol. The first kappa shape index (κ1) is 27.7. The molecule has 4 heterocycles. The molecule has 1 aliphatic rings. The van der Waals surface area contributed by atoms with Crippen LogP contribution in [-0.2, 0) is 16.0 Å². The average Bonchev–Trinajstić information content (AvgIpc) is 3.46. The zero-order chi connectivity index (χ0) is 27.3. The number of anilines is 1. The van der Waals surface area contributed by atoms with E-state index in [0.29, 0.717) is 17.0 Å². The Bertz CT molecular complexity index is 1320. The molecule has 0 unspecified atom stereocenters. The van der Waals surface area contributed by atoms with E-state index in [-0.39, 0.29) is 16.5 Å². The number of aromatic nitrogens is 2. The normalized spacial score (nSPS) is 14.6. The van der Waals surface area contributed by atoms with E-state index >= 15 is 0 Å². The molecule has 0 spiro atoms. The zero-order valence-corrected chi connectivity index (χ0v) is 23.6. The highest BCUT2D eigenvalue weighted by Crippen LogP contribution is 2.34. The van der Waals surface area contributed by atoms with E-state index in [9.17, 15) is 14.9 Å². The Balaban J connectivity index is 1.26. The molecule has 4 rings (SSSR count). The molecular formula is C27H31N5O4S2. The largest absolute Gasteiger partial charge is 0.461 e. The number of piperidine rings is 1. The molecule has 0 saturated carbocycles. The van der Waals surface area contributed by atoms with E-state index < -0.39 is 17.7 Å². The maximum Gasteiger partial charge on any atom is 0.412 e. The number of pyridine rings is 1. The third-order valence-electron chi connectivity index (χ3n) is 6.03. The topological polar surface area (TPSA) is 117 Å². The number of rotatable bonds is 7. The van der Waals surface area contributed by atoms with Crippen LogP contribution in [0, 0.1) is 24.2 Å². The number of ether oxygens (including phenoxy) is 2. The number of hydrogen-bond acceptors (Lipinski definition) is 10. The van der Waals surface area contributed by atoms with Gasteiger partial charge in [0.15, 0.2) is 0 Å². The van der Waals surface area contributed by atoms with Crippen LogP contribution >= 0.6 is 22.7 Å². The first-order valence-corrected chi connectivity index (χ1v) is 14.1. The van der Waals surface area contributed by atoms with Gasteiger partial charge in [-0.25, -0.2) is 14.6 Å². The predicted molar refractivity (Wildman–Crippen MR) is 147 cm³/mol. The van der Waals surface area contributed by atoms with E-state index in [1.54, 1.807) is 45.2 Å². The molecule has 200 valence electrons. The Kier molecular flexibility index (Phi) is 8.76. The van der Waals surface area contributed by atoms with E-state index in [1.165, 1.54) is 4.88 Å². The van der Waals surface area contributed by atoms with E-state index in [1.807, 2.05) is 24.4 Å².